The molecule has 5 rings (SSSR count). The molecule has 1 fully saturated rings. The molecule has 0 unspecified atom stereocenters. The molecule has 150 valence electrons. The molecule has 0 aliphatic carbocycles. The summed E-state index contributed by atoms with van der Waals surface area (Å²) in [7, 11) is 0. The number of nitrogens with zero attached hydrogens (tertiary/aromatic N) is 6. The molecule has 30 heavy (non-hydrogen) atoms. The smallest absolute Gasteiger partial charge is 0.165 e. The number of hydrogen-bond acceptors (Lipinski definition) is 8. The third-order valence-electron chi connectivity index (χ3n) is 5.02. The largest absolute Gasteiger partial charge is 0.383 e. The van der Waals surface area contributed by atoms with Gasteiger partial charge in [-0.2, -0.15) is 11.8 Å². The van der Waals surface area contributed by atoms with Crippen LogP contribution in [0.1, 0.15) is 0 Å². The molecule has 0 amide bonds. The van der Waals surface area contributed by atoms with Crippen LogP contribution in [0.3, 0.4) is 0 Å². The van der Waals surface area contributed by atoms with Crippen molar-refractivity contribution in [2.75, 3.05) is 35.2 Å². The van der Waals surface area contributed by atoms with Gasteiger partial charge in [0.25, 0.3) is 0 Å². The van der Waals surface area contributed by atoms with Crippen LogP contribution in [0.5, 0.6) is 0 Å². The van der Waals surface area contributed by atoms with Crippen molar-refractivity contribution in [2.45, 2.75) is 0 Å². The Morgan fingerprint density at radius 3 is 2.60 bits per heavy atom. The summed E-state index contributed by atoms with van der Waals surface area (Å²) in [4.78, 5) is 15.5. The first-order valence-corrected chi connectivity index (χ1v) is 11.5. The monoisotopic (exact) mass is 479 g/mol. The van der Waals surface area contributed by atoms with E-state index >= 15 is 0 Å². The number of hydrogen-bond donors (Lipinski definition) is 1. The molecule has 0 atom stereocenters. The molecule has 0 bridgehead atoms. The molecule has 2 N–H and O–H groups in total. The van der Waals surface area contributed by atoms with Crippen molar-refractivity contribution in [1.29, 1.82) is 0 Å². The zero-order valence-corrected chi connectivity index (χ0v) is 18.4. The first-order chi connectivity index (χ1) is 14.7. The Hall–Kier alpha value is -2.78. The van der Waals surface area contributed by atoms with Gasteiger partial charge in [0.2, 0.25) is 0 Å². The number of anilines is 2. The zero-order chi connectivity index (χ0) is 20.5. The lowest BCUT2D eigenvalue weighted by Gasteiger charge is -2.26. The molecule has 9 heteroatoms. The van der Waals surface area contributed by atoms with Crippen LogP contribution >= 0.6 is 27.7 Å². The second kappa shape index (κ2) is 8.16. The molecule has 0 spiro atoms. The van der Waals surface area contributed by atoms with E-state index in [0.29, 0.717) is 22.9 Å². The van der Waals surface area contributed by atoms with E-state index in [1.54, 1.807) is 0 Å². The highest BCUT2D eigenvalue weighted by Gasteiger charge is 2.16. The van der Waals surface area contributed by atoms with E-state index < -0.39 is 0 Å². The van der Waals surface area contributed by atoms with E-state index in [2.05, 4.69) is 41.0 Å². The molecule has 7 nitrogen and oxygen atoms in total. The van der Waals surface area contributed by atoms with Crippen LogP contribution in [-0.4, -0.2) is 49.7 Å². The van der Waals surface area contributed by atoms with Crippen molar-refractivity contribution < 1.29 is 0 Å². The van der Waals surface area contributed by atoms with E-state index in [4.69, 9.17) is 10.7 Å². The maximum absolute atomic E-state index is 6.19. The highest BCUT2D eigenvalue weighted by atomic mass is 79.9. The Labute approximate surface area is 186 Å². The van der Waals surface area contributed by atoms with Gasteiger partial charge in [0.05, 0.1) is 11.1 Å². The van der Waals surface area contributed by atoms with Gasteiger partial charge in [-0.3, -0.25) is 0 Å². The molecule has 4 heterocycles. The topological polar surface area (TPSA) is 93.7 Å². The van der Waals surface area contributed by atoms with Crippen LogP contribution < -0.4 is 10.6 Å². The minimum Gasteiger partial charge on any atom is -0.383 e. The van der Waals surface area contributed by atoms with Crippen molar-refractivity contribution in [3.05, 3.63) is 53.3 Å². The molecular weight excluding hydrogens is 462 g/mol. The molecule has 0 radical (unpaired) electrons. The van der Waals surface area contributed by atoms with E-state index in [0.717, 1.165) is 51.4 Å². The van der Waals surface area contributed by atoms with Gasteiger partial charge in [0.1, 0.15) is 17.8 Å². The molecule has 3 aromatic heterocycles. The van der Waals surface area contributed by atoms with Crippen LogP contribution in [-0.2, 0) is 0 Å². The maximum atomic E-state index is 6.19. The zero-order valence-electron chi connectivity index (χ0n) is 16.0. The summed E-state index contributed by atoms with van der Waals surface area (Å²) in [5, 5.41) is 9.65. The Morgan fingerprint density at radius 1 is 0.967 bits per heavy atom. The van der Waals surface area contributed by atoms with E-state index in [9.17, 15) is 0 Å². The molecule has 0 saturated carbocycles. The summed E-state index contributed by atoms with van der Waals surface area (Å²) >= 11 is 5.52. The van der Waals surface area contributed by atoms with Crippen LogP contribution in [0.4, 0.5) is 11.6 Å². The Balaban J connectivity index is 1.61. The SMILES string of the molecule is Nc1ncnc2nc(-c3ccc(N4CCSCC4)nn3)cc(-c3cccc(Br)c3)c12. The fraction of sp³-hybridized carbons (Fsp3) is 0.190. The van der Waals surface area contributed by atoms with Gasteiger partial charge < -0.3 is 10.6 Å². The lowest BCUT2D eigenvalue weighted by atomic mass is 10.0. The number of thioether (sulfide) groups is 1. The number of pyridine rings is 1. The van der Waals surface area contributed by atoms with Gasteiger partial charge in [-0.1, -0.05) is 28.1 Å². The molecule has 4 aromatic rings. The van der Waals surface area contributed by atoms with Gasteiger partial charge in [0.15, 0.2) is 11.5 Å². The second-order valence-electron chi connectivity index (χ2n) is 6.90. The first kappa shape index (κ1) is 19.2. The minimum absolute atomic E-state index is 0.401. The summed E-state index contributed by atoms with van der Waals surface area (Å²) in [6.45, 7) is 1.99. The number of fused-ring (bicyclic) bond motifs is 1. The van der Waals surface area contributed by atoms with Gasteiger partial charge in [-0.05, 0) is 41.5 Å². The number of nitrogens with two attached hydrogens (primary N) is 1. The standard InChI is InChI=1S/C21H18BrN7S/c22-14-3-1-2-13(10-14)15-11-17(26-21-19(15)20(23)24-12-25-21)16-4-5-18(28-27-16)29-6-8-30-9-7-29/h1-5,10-12H,6-9H2,(H2,23,24,25,26). The second-order valence-corrected chi connectivity index (χ2v) is 9.04. The number of rotatable bonds is 3. The maximum Gasteiger partial charge on any atom is 0.165 e. The van der Waals surface area contributed by atoms with Crippen molar-refractivity contribution in [3.8, 4) is 22.5 Å². The summed E-state index contributed by atoms with van der Waals surface area (Å²) in [6.07, 6.45) is 1.43. The van der Waals surface area contributed by atoms with Crippen LogP contribution in [0.15, 0.2) is 53.3 Å². The van der Waals surface area contributed by atoms with Crippen LogP contribution in [0, 0.1) is 0 Å². The summed E-state index contributed by atoms with van der Waals surface area (Å²) in [6, 6.07) is 14.0. The Morgan fingerprint density at radius 2 is 1.83 bits per heavy atom. The fourth-order valence-electron chi connectivity index (χ4n) is 3.53. The third kappa shape index (κ3) is 3.70. The van der Waals surface area contributed by atoms with Crippen molar-refractivity contribution in [2.24, 2.45) is 0 Å². The van der Waals surface area contributed by atoms with E-state index in [1.807, 2.05) is 54.2 Å². The van der Waals surface area contributed by atoms with Crippen LogP contribution in [0.2, 0.25) is 0 Å². The minimum atomic E-state index is 0.401. The molecule has 1 aromatic carbocycles. The predicted molar refractivity (Wildman–Crippen MR) is 125 cm³/mol. The fourth-order valence-corrected chi connectivity index (χ4v) is 4.83. The summed E-state index contributed by atoms with van der Waals surface area (Å²) < 4.78 is 0.978. The summed E-state index contributed by atoms with van der Waals surface area (Å²) in [5.74, 6) is 3.54. The lowest BCUT2D eigenvalue weighted by molar-refractivity contribution is 0.820. The highest BCUT2D eigenvalue weighted by molar-refractivity contribution is 9.10. The number of halogens is 1. The number of nitrogen functional groups attached to an aromatic ring is 1. The van der Waals surface area contributed by atoms with Crippen molar-refractivity contribution >= 4 is 50.4 Å². The van der Waals surface area contributed by atoms with E-state index in [1.165, 1.54) is 6.33 Å². The van der Waals surface area contributed by atoms with Gasteiger partial charge in [-0.25, -0.2) is 15.0 Å². The Kier molecular flexibility index (Phi) is 5.22. The van der Waals surface area contributed by atoms with Gasteiger partial charge >= 0.3 is 0 Å². The van der Waals surface area contributed by atoms with Gasteiger partial charge in [-0.15, -0.1) is 10.2 Å². The normalized spacial score (nSPS) is 14.2. The van der Waals surface area contributed by atoms with Crippen molar-refractivity contribution in [1.82, 2.24) is 25.1 Å². The molecular formula is C21H18BrN7S. The first-order valence-electron chi connectivity index (χ1n) is 9.53. The number of aromatic nitrogens is 5. The average Bonchev–Trinajstić information content (AvgIpc) is 2.79. The third-order valence-corrected chi connectivity index (χ3v) is 6.45. The van der Waals surface area contributed by atoms with Crippen molar-refractivity contribution in [3.63, 3.8) is 0 Å². The van der Waals surface area contributed by atoms with Crippen LogP contribution in [0.25, 0.3) is 33.5 Å². The Bertz CT molecular complexity index is 1210. The molecule has 1 saturated heterocycles. The van der Waals surface area contributed by atoms with Gasteiger partial charge in [0, 0.05) is 29.1 Å². The summed E-state index contributed by atoms with van der Waals surface area (Å²) in [5.41, 5.74) is 10.0. The van der Waals surface area contributed by atoms with E-state index in [-0.39, 0.29) is 0 Å². The highest BCUT2D eigenvalue weighted by Crippen LogP contribution is 2.34. The predicted octanol–water partition coefficient (Wildman–Crippen LogP) is 4.05. The molecule has 1 aliphatic heterocycles. The lowest BCUT2D eigenvalue weighted by Crippen LogP contribution is -2.33. The quantitative estimate of drug-likeness (QED) is 0.470. The number of benzene rings is 1. The average molecular weight is 480 g/mol. The molecule has 1 aliphatic rings.